The molecule has 0 unspecified atom stereocenters. The van der Waals surface area contributed by atoms with Crippen LogP contribution in [-0.2, 0) is 0 Å². The van der Waals surface area contributed by atoms with Crippen LogP contribution in [0, 0.1) is 0 Å². The van der Waals surface area contributed by atoms with Crippen LogP contribution < -0.4 is 4.74 Å². The van der Waals surface area contributed by atoms with Gasteiger partial charge in [-0.15, -0.1) is 4.37 Å². The molecule has 0 saturated heterocycles. The van der Waals surface area contributed by atoms with Gasteiger partial charge in [-0.2, -0.15) is 4.37 Å². The topological polar surface area (TPSA) is 35.0 Å². The summed E-state index contributed by atoms with van der Waals surface area (Å²) in [5.74, 6) is 0.658. The lowest BCUT2D eigenvalue weighted by atomic mass is 10.3. The molecule has 0 spiro atoms. The van der Waals surface area contributed by atoms with E-state index in [-0.39, 0.29) is 0 Å². The molecule has 11 heavy (non-hydrogen) atoms. The van der Waals surface area contributed by atoms with Crippen LogP contribution in [0.1, 0.15) is 26.2 Å². The van der Waals surface area contributed by atoms with E-state index in [1.165, 1.54) is 24.6 Å². The maximum absolute atomic E-state index is 5.28. The van der Waals surface area contributed by atoms with Gasteiger partial charge < -0.3 is 4.74 Å². The number of unbranched alkanes of at least 4 members (excludes halogenated alkanes) is 2. The van der Waals surface area contributed by atoms with Crippen molar-refractivity contribution in [1.29, 1.82) is 0 Å². The third-order valence-corrected chi connectivity index (χ3v) is 1.80. The summed E-state index contributed by atoms with van der Waals surface area (Å²) in [5.41, 5.74) is 0. The highest BCUT2D eigenvalue weighted by atomic mass is 32.1. The Morgan fingerprint density at radius 1 is 1.55 bits per heavy atom. The number of hydrogen-bond acceptors (Lipinski definition) is 4. The number of nitrogens with zero attached hydrogens (tertiary/aromatic N) is 2. The van der Waals surface area contributed by atoms with Gasteiger partial charge in [0.2, 0.25) is 5.88 Å². The number of ether oxygens (including phenoxy) is 1. The molecule has 0 aliphatic rings. The second kappa shape index (κ2) is 5.07. The first-order valence-corrected chi connectivity index (χ1v) is 4.57. The molecular weight excluding hydrogens is 160 g/mol. The van der Waals surface area contributed by atoms with Crippen molar-refractivity contribution in [3.05, 3.63) is 6.20 Å². The first kappa shape index (κ1) is 8.46. The molecule has 0 aromatic carbocycles. The summed E-state index contributed by atoms with van der Waals surface area (Å²) < 4.78 is 13.0. The van der Waals surface area contributed by atoms with Gasteiger partial charge in [-0.1, -0.05) is 19.8 Å². The lowest BCUT2D eigenvalue weighted by Gasteiger charge is -1.99. The summed E-state index contributed by atoms with van der Waals surface area (Å²) in [4.78, 5) is 0. The molecule has 0 radical (unpaired) electrons. The molecule has 0 fully saturated rings. The van der Waals surface area contributed by atoms with Crippen molar-refractivity contribution in [2.45, 2.75) is 26.2 Å². The first-order valence-electron chi connectivity index (χ1n) is 3.84. The van der Waals surface area contributed by atoms with Crippen molar-refractivity contribution < 1.29 is 4.74 Å². The van der Waals surface area contributed by atoms with Gasteiger partial charge in [-0.05, 0) is 6.42 Å². The average molecular weight is 172 g/mol. The Labute approximate surface area is 70.7 Å². The van der Waals surface area contributed by atoms with E-state index in [2.05, 4.69) is 15.7 Å². The van der Waals surface area contributed by atoms with Crippen molar-refractivity contribution in [3.63, 3.8) is 0 Å². The van der Waals surface area contributed by atoms with Gasteiger partial charge in [0, 0.05) is 0 Å². The minimum absolute atomic E-state index is 0.658. The third-order valence-electron chi connectivity index (χ3n) is 1.34. The van der Waals surface area contributed by atoms with Crippen molar-refractivity contribution in [3.8, 4) is 5.88 Å². The minimum Gasteiger partial charge on any atom is -0.476 e. The van der Waals surface area contributed by atoms with Crippen LogP contribution in [0.5, 0.6) is 5.88 Å². The van der Waals surface area contributed by atoms with Crippen LogP contribution in [0.15, 0.2) is 6.20 Å². The molecule has 3 nitrogen and oxygen atoms in total. The molecular formula is C7H12N2OS. The van der Waals surface area contributed by atoms with E-state index in [9.17, 15) is 0 Å². The molecule has 0 N–H and O–H groups in total. The molecule has 4 heteroatoms. The zero-order valence-electron chi connectivity index (χ0n) is 6.62. The quantitative estimate of drug-likeness (QED) is 0.638. The Morgan fingerprint density at radius 3 is 3.09 bits per heavy atom. The normalized spacial score (nSPS) is 9.91. The molecule has 0 aliphatic carbocycles. The maximum atomic E-state index is 5.28. The van der Waals surface area contributed by atoms with E-state index in [0.29, 0.717) is 5.88 Å². The predicted octanol–water partition coefficient (Wildman–Crippen LogP) is 2.11. The van der Waals surface area contributed by atoms with Crippen LogP contribution in [0.25, 0.3) is 0 Å². The van der Waals surface area contributed by atoms with E-state index in [1.54, 1.807) is 6.20 Å². The van der Waals surface area contributed by atoms with Gasteiger partial charge in [-0.3, -0.25) is 0 Å². The molecule has 1 aromatic heterocycles. The average Bonchev–Trinajstić information content (AvgIpc) is 2.50. The van der Waals surface area contributed by atoms with Crippen molar-refractivity contribution in [2.75, 3.05) is 6.61 Å². The highest BCUT2D eigenvalue weighted by Crippen LogP contribution is 2.05. The van der Waals surface area contributed by atoms with Gasteiger partial charge in [0.1, 0.15) is 6.20 Å². The summed E-state index contributed by atoms with van der Waals surface area (Å²) in [7, 11) is 0. The van der Waals surface area contributed by atoms with Crippen LogP contribution in [-0.4, -0.2) is 15.4 Å². The fourth-order valence-electron chi connectivity index (χ4n) is 0.748. The van der Waals surface area contributed by atoms with Crippen LogP contribution in [0.3, 0.4) is 0 Å². The van der Waals surface area contributed by atoms with E-state index >= 15 is 0 Å². The second-order valence-corrected chi connectivity index (χ2v) is 2.86. The minimum atomic E-state index is 0.658. The van der Waals surface area contributed by atoms with Crippen molar-refractivity contribution >= 4 is 11.7 Å². The Morgan fingerprint density at radius 2 is 2.45 bits per heavy atom. The largest absolute Gasteiger partial charge is 0.476 e. The Hall–Kier alpha value is -0.640. The monoisotopic (exact) mass is 172 g/mol. The lowest BCUT2D eigenvalue weighted by molar-refractivity contribution is 0.297. The highest BCUT2D eigenvalue weighted by molar-refractivity contribution is 6.99. The smallest absolute Gasteiger partial charge is 0.245 e. The highest BCUT2D eigenvalue weighted by Gasteiger charge is 1.94. The summed E-state index contributed by atoms with van der Waals surface area (Å²) in [6.45, 7) is 2.93. The molecule has 0 saturated carbocycles. The fraction of sp³-hybridized carbons (Fsp3) is 0.714. The van der Waals surface area contributed by atoms with Gasteiger partial charge in [0.15, 0.2) is 0 Å². The van der Waals surface area contributed by atoms with E-state index in [1.807, 2.05) is 0 Å². The van der Waals surface area contributed by atoms with Gasteiger partial charge >= 0.3 is 0 Å². The SMILES string of the molecule is CCCCCOc1cnsn1. The maximum Gasteiger partial charge on any atom is 0.245 e. The zero-order chi connectivity index (χ0) is 7.94. The summed E-state index contributed by atoms with van der Waals surface area (Å²) >= 11 is 1.18. The first-order chi connectivity index (χ1) is 5.43. The predicted molar refractivity (Wildman–Crippen MR) is 44.9 cm³/mol. The van der Waals surface area contributed by atoms with Crippen LogP contribution in [0.4, 0.5) is 0 Å². The Balaban J connectivity index is 2.04. The summed E-state index contributed by atoms with van der Waals surface area (Å²) in [6, 6.07) is 0. The van der Waals surface area contributed by atoms with E-state index in [4.69, 9.17) is 4.74 Å². The second-order valence-electron chi connectivity index (χ2n) is 2.30. The van der Waals surface area contributed by atoms with Crippen molar-refractivity contribution in [2.24, 2.45) is 0 Å². The van der Waals surface area contributed by atoms with Gasteiger partial charge in [-0.25, -0.2) is 0 Å². The zero-order valence-corrected chi connectivity index (χ0v) is 7.43. The van der Waals surface area contributed by atoms with E-state index in [0.717, 1.165) is 13.0 Å². The van der Waals surface area contributed by atoms with Crippen molar-refractivity contribution in [1.82, 2.24) is 8.75 Å². The van der Waals surface area contributed by atoms with Crippen LogP contribution in [0.2, 0.25) is 0 Å². The van der Waals surface area contributed by atoms with Gasteiger partial charge in [0.05, 0.1) is 18.3 Å². The summed E-state index contributed by atoms with van der Waals surface area (Å²) in [6.07, 6.45) is 5.20. The molecule has 1 heterocycles. The standard InChI is InChI=1S/C7H12N2OS/c1-2-3-4-5-10-7-6-8-11-9-7/h6H,2-5H2,1H3. The number of hydrogen-bond donors (Lipinski definition) is 0. The molecule has 1 aromatic rings. The Kier molecular flexibility index (Phi) is 3.90. The number of aromatic nitrogens is 2. The van der Waals surface area contributed by atoms with Crippen LogP contribution >= 0.6 is 11.7 Å². The molecule has 1 rings (SSSR count). The third kappa shape index (κ3) is 3.32. The molecule has 62 valence electrons. The fourth-order valence-corrected chi connectivity index (χ4v) is 1.11. The molecule has 0 aliphatic heterocycles. The Bertz CT molecular complexity index is 177. The summed E-state index contributed by atoms with van der Waals surface area (Å²) in [5, 5.41) is 0. The number of rotatable bonds is 5. The molecule has 0 bridgehead atoms. The van der Waals surface area contributed by atoms with E-state index < -0.39 is 0 Å². The molecule has 0 amide bonds. The lowest BCUT2D eigenvalue weighted by Crippen LogP contribution is -1.96. The van der Waals surface area contributed by atoms with Gasteiger partial charge in [0.25, 0.3) is 0 Å². The molecule has 0 atom stereocenters.